The highest BCUT2D eigenvalue weighted by atomic mass is 35.5. The minimum atomic E-state index is 0.637. The van der Waals surface area contributed by atoms with Crippen molar-refractivity contribution in [2.75, 3.05) is 0 Å². The molecular formula is C21H20ClN5. The van der Waals surface area contributed by atoms with Crippen LogP contribution in [0.25, 0.3) is 11.0 Å². The molecule has 4 rings (SSSR count). The summed E-state index contributed by atoms with van der Waals surface area (Å²) in [5, 5.41) is 1.68. The lowest BCUT2D eigenvalue weighted by Crippen LogP contribution is -2.00. The standard InChI is InChI=1S/C21H20ClN5/c1-14-4-2-5-18(27-14)6-3-7-20-23-10-15(11-24-20)8-16-12-25-21-19(16)9-17(22)13-26-21/h2,4-5,9-13H,3,6-8H2,1H3,(H,25,26). The predicted molar refractivity (Wildman–Crippen MR) is 107 cm³/mol. The van der Waals surface area contributed by atoms with E-state index in [9.17, 15) is 0 Å². The van der Waals surface area contributed by atoms with Crippen LogP contribution in [-0.2, 0) is 19.3 Å². The molecule has 0 aromatic carbocycles. The van der Waals surface area contributed by atoms with Crippen molar-refractivity contribution in [2.24, 2.45) is 0 Å². The molecule has 4 aromatic rings. The smallest absolute Gasteiger partial charge is 0.137 e. The predicted octanol–water partition coefficient (Wildman–Crippen LogP) is 4.48. The van der Waals surface area contributed by atoms with Crippen LogP contribution in [0.1, 0.15) is 34.8 Å². The van der Waals surface area contributed by atoms with E-state index < -0.39 is 0 Å². The van der Waals surface area contributed by atoms with Crippen LogP contribution in [0.5, 0.6) is 0 Å². The molecule has 27 heavy (non-hydrogen) atoms. The highest BCUT2D eigenvalue weighted by Crippen LogP contribution is 2.22. The molecule has 0 saturated carbocycles. The fraction of sp³-hybridized carbons (Fsp3) is 0.238. The minimum absolute atomic E-state index is 0.637. The van der Waals surface area contributed by atoms with Gasteiger partial charge in [0.15, 0.2) is 0 Å². The van der Waals surface area contributed by atoms with Crippen LogP contribution in [0.3, 0.4) is 0 Å². The Labute approximate surface area is 162 Å². The third-order valence-corrected chi connectivity index (χ3v) is 4.72. The normalized spacial score (nSPS) is 11.2. The topological polar surface area (TPSA) is 67.3 Å². The number of aromatic nitrogens is 5. The molecule has 0 unspecified atom stereocenters. The van der Waals surface area contributed by atoms with Gasteiger partial charge in [-0.2, -0.15) is 0 Å². The molecule has 0 spiro atoms. The molecule has 4 aromatic heterocycles. The summed E-state index contributed by atoms with van der Waals surface area (Å²) >= 11 is 6.07. The zero-order chi connectivity index (χ0) is 18.6. The first-order valence-corrected chi connectivity index (χ1v) is 9.39. The van der Waals surface area contributed by atoms with Crippen molar-refractivity contribution in [2.45, 2.75) is 32.6 Å². The van der Waals surface area contributed by atoms with E-state index in [1.165, 1.54) is 0 Å². The molecule has 0 fully saturated rings. The van der Waals surface area contributed by atoms with E-state index in [1.807, 2.05) is 37.6 Å². The van der Waals surface area contributed by atoms with Gasteiger partial charge in [-0.3, -0.25) is 4.98 Å². The molecular weight excluding hydrogens is 358 g/mol. The number of pyridine rings is 2. The summed E-state index contributed by atoms with van der Waals surface area (Å²) in [5.74, 6) is 0.870. The van der Waals surface area contributed by atoms with Crippen molar-refractivity contribution in [3.63, 3.8) is 0 Å². The Bertz CT molecular complexity index is 1060. The quantitative estimate of drug-likeness (QED) is 0.538. The van der Waals surface area contributed by atoms with Gasteiger partial charge in [-0.1, -0.05) is 17.7 Å². The van der Waals surface area contributed by atoms with Crippen molar-refractivity contribution >= 4 is 22.6 Å². The Hall–Kier alpha value is -2.79. The van der Waals surface area contributed by atoms with E-state index in [2.05, 4.69) is 37.1 Å². The van der Waals surface area contributed by atoms with Gasteiger partial charge in [0.05, 0.1) is 5.02 Å². The Balaban J connectivity index is 1.37. The molecule has 0 saturated heterocycles. The van der Waals surface area contributed by atoms with Crippen LogP contribution in [0, 0.1) is 6.92 Å². The molecule has 0 bridgehead atoms. The van der Waals surface area contributed by atoms with Crippen LogP contribution in [0.4, 0.5) is 0 Å². The average molecular weight is 378 g/mol. The molecule has 0 aliphatic carbocycles. The Kier molecular flexibility index (Phi) is 5.12. The van der Waals surface area contributed by atoms with Gasteiger partial charge in [0.1, 0.15) is 11.5 Å². The largest absolute Gasteiger partial charge is 0.346 e. The lowest BCUT2D eigenvalue weighted by molar-refractivity contribution is 0.752. The van der Waals surface area contributed by atoms with Gasteiger partial charge in [0.2, 0.25) is 0 Å². The summed E-state index contributed by atoms with van der Waals surface area (Å²) in [7, 11) is 0. The number of nitrogens with zero attached hydrogens (tertiary/aromatic N) is 4. The fourth-order valence-corrected chi connectivity index (χ4v) is 3.32. The second-order valence-electron chi connectivity index (χ2n) is 6.67. The van der Waals surface area contributed by atoms with Gasteiger partial charge in [0.25, 0.3) is 0 Å². The first-order valence-electron chi connectivity index (χ1n) is 9.01. The minimum Gasteiger partial charge on any atom is -0.346 e. The lowest BCUT2D eigenvalue weighted by Gasteiger charge is -2.04. The SMILES string of the molecule is Cc1cccc(CCCc2ncc(Cc3c[nH]c4ncc(Cl)cc34)cn2)n1. The van der Waals surface area contributed by atoms with Crippen LogP contribution < -0.4 is 0 Å². The summed E-state index contributed by atoms with van der Waals surface area (Å²) < 4.78 is 0. The number of hydrogen-bond acceptors (Lipinski definition) is 4. The maximum Gasteiger partial charge on any atom is 0.137 e. The van der Waals surface area contributed by atoms with Gasteiger partial charge in [-0.05, 0) is 49.1 Å². The third-order valence-electron chi connectivity index (χ3n) is 4.52. The van der Waals surface area contributed by atoms with Gasteiger partial charge in [0, 0.05) is 54.4 Å². The maximum absolute atomic E-state index is 6.07. The van der Waals surface area contributed by atoms with Gasteiger partial charge in [-0.25, -0.2) is 15.0 Å². The Morgan fingerprint density at radius 2 is 1.89 bits per heavy atom. The van der Waals surface area contributed by atoms with Crippen molar-refractivity contribution in [1.29, 1.82) is 0 Å². The first kappa shape index (κ1) is 17.6. The van der Waals surface area contributed by atoms with E-state index >= 15 is 0 Å². The van der Waals surface area contributed by atoms with Crippen LogP contribution in [0.2, 0.25) is 5.02 Å². The maximum atomic E-state index is 6.07. The van der Waals surface area contributed by atoms with Gasteiger partial charge >= 0.3 is 0 Å². The van der Waals surface area contributed by atoms with E-state index in [-0.39, 0.29) is 0 Å². The number of hydrogen-bond donors (Lipinski definition) is 1. The van der Waals surface area contributed by atoms with Crippen molar-refractivity contribution < 1.29 is 0 Å². The molecule has 0 amide bonds. The summed E-state index contributed by atoms with van der Waals surface area (Å²) in [6.07, 6.45) is 11.0. The number of rotatable bonds is 6. The summed E-state index contributed by atoms with van der Waals surface area (Å²) in [5.41, 5.74) is 5.23. The number of halogens is 1. The van der Waals surface area contributed by atoms with Crippen molar-refractivity contribution in [3.8, 4) is 0 Å². The van der Waals surface area contributed by atoms with Crippen molar-refractivity contribution in [1.82, 2.24) is 24.9 Å². The number of nitrogens with one attached hydrogen (secondary N) is 1. The average Bonchev–Trinajstić information content (AvgIpc) is 3.05. The molecule has 5 nitrogen and oxygen atoms in total. The van der Waals surface area contributed by atoms with Crippen LogP contribution >= 0.6 is 11.6 Å². The molecule has 1 N–H and O–H groups in total. The zero-order valence-electron chi connectivity index (χ0n) is 15.1. The molecule has 0 radical (unpaired) electrons. The lowest BCUT2D eigenvalue weighted by atomic mass is 10.1. The molecule has 6 heteroatoms. The first-order chi connectivity index (χ1) is 13.2. The third kappa shape index (κ3) is 4.31. The monoisotopic (exact) mass is 377 g/mol. The second-order valence-corrected chi connectivity index (χ2v) is 7.11. The van der Waals surface area contributed by atoms with E-state index in [4.69, 9.17) is 11.6 Å². The van der Waals surface area contributed by atoms with Crippen LogP contribution in [0.15, 0.2) is 49.1 Å². The molecule has 4 heterocycles. The number of H-pyrrole nitrogens is 1. The Morgan fingerprint density at radius 3 is 2.70 bits per heavy atom. The Morgan fingerprint density at radius 1 is 1.04 bits per heavy atom. The van der Waals surface area contributed by atoms with Gasteiger partial charge < -0.3 is 4.98 Å². The number of aromatic amines is 1. The number of aryl methyl sites for hydroxylation is 3. The molecule has 0 atom stereocenters. The molecule has 136 valence electrons. The molecule has 0 aliphatic rings. The summed E-state index contributed by atoms with van der Waals surface area (Å²) in [6, 6.07) is 8.07. The highest BCUT2D eigenvalue weighted by molar-refractivity contribution is 6.31. The molecule has 0 aliphatic heterocycles. The van der Waals surface area contributed by atoms with E-state index in [0.29, 0.717) is 5.02 Å². The summed E-state index contributed by atoms with van der Waals surface area (Å²) in [6.45, 7) is 2.02. The second kappa shape index (κ2) is 7.84. The zero-order valence-corrected chi connectivity index (χ0v) is 15.9. The van der Waals surface area contributed by atoms with Crippen molar-refractivity contribution in [3.05, 3.63) is 82.4 Å². The summed E-state index contributed by atoms with van der Waals surface area (Å²) in [4.78, 5) is 21.1. The highest BCUT2D eigenvalue weighted by Gasteiger charge is 2.07. The number of fused-ring (bicyclic) bond motifs is 1. The van der Waals surface area contributed by atoms with E-state index in [0.717, 1.165) is 65.1 Å². The van der Waals surface area contributed by atoms with E-state index in [1.54, 1.807) is 6.20 Å². The van der Waals surface area contributed by atoms with Crippen LogP contribution in [-0.4, -0.2) is 24.9 Å². The fourth-order valence-electron chi connectivity index (χ4n) is 3.17. The van der Waals surface area contributed by atoms with Gasteiger partial charge in [-0.15, -0.1) is 0 Å².